The highest BCUT2D eigenvalue weighted by molar-refractivity contribution is 5.69. The van der Waals surface area contributed by atoms with E-state index in [-0.39, 0.29) is 5.97 Å². The maximum Gasteiger partial charge on any atom is 0.306 e. The van der Waals surface area contributed by atoms with Gasteiger partial charge in [-0.15, -0.1) is 0 Å². The van der Waals surface area contributed by atoms with E-state index in [9.17, 15) is 4.79 Å². The molecule has 1 aliphatic carbocycles. The van der Waals surface area contributed by atoms with Crippen molar-refractivity contribution in [3.05, 3.63) is 35.4 Å². The van der Waals surface area contributed by atoms with Crippen molar-refractivity contribution in [2.24, 2.45) is 5.92 Å². The number of benzene rings is 1. The molecule has 0 aromatic heterocycles. The first-order valence-electron chi connectivity index (χ1n) is 9.67. The third kappa shape index (κ3) is 6.64. The smallest absolute Gasteiger partial charge is 0.306 e. The first-order chi connectivity index (χ1) is 11.7. The van der Waals surface area contributed by atoms with Gasteiger partial charge in [-0.1, -0.05) is 70.2 Å². The molecule has 134 valence electrons. The Bertz CT molecular complexity index is 473. The molecule has 0 aliphatic heterocycles. The van der Waals surface area contributed by atoms with Crippen LogP contribution in [0.1, 0.15) is 69.9 Å². The summed E-state index contributed by atoms with van der Waals surface area (Å²) in [6.45, 7) is 7.88. The van der Waals surface area contributed by atoms with Crippen LogP contribution < -0.4 is 0 Å². The van der Waals surface area contributed by atoms with Crippen LogP contribution in [0.2, 0.25) is 0 Å². The van der Waals surface area contributed by atoms with Crippen LogP contribution >= 0.6 is 0 Å². The molecule has 0 radical (unpaired) electrons. The fourth-order valence-electron chi connectivity index (χ4n) is 3.48. The summed E-state index contributed by atoms with van der Waals surface area (Å²) < 4.78 is 5.43. The fraction of sp³-hybridized carbons (Fsp3) is 0.667. The van der Waals surface area contributed by atoms with Crippen LogP contribution in [0.4, 0.5) is 0 Å². The number of carbonyl (C=O) groups is 1. The number of hydrogen-bond donors (Lipinski definition) is 0. The Balaban J connectivity index is 1.68. The van der Waals surface area contributed by atoms with Gasteiger partial charge in [-0.25, -0.2) is 0 Å². The molecule has 0 spiro atoms. The molecule has 3 heteroatoms. The molecule has 24 heavy (non-hydrogen) atoms. The second-order valence-corrected chi connectivity index (χ2v) is 6.98. The molecule has 0 bridgehead atoms. The van der Waals surface area contributed by atoms with Gasteiger partial charge in [0.2, 0.25) is 0 Å². The van der Waals surface area contributed by atoms with E-state index in [0.29, 0.717) is 13.0 Å². The van der Waals surface area contributed by atoms with Crippen LogP contribution in [0.25, 0.3) is 0 Å². The lowest BCUT2D eigenvalue weighted by Crippen LogP contribution is -2.22. The molecule has 0 N–H and O–H groups in total. The summed E-state index contributed by atoms with van der Waals surface area (Å²) in [7, 11) is 0. The van der Waals surface area contributed by atoms with Crippen molar-refractivity contribution in [2.45, 2.75) is 71.9 Å². The summed E-state index contributed by atoms with van der Waals surface area (Å²) >= 11 is 0. The maximum atomic E-state index is 11.9. The average Bonchev–Trinajstić information content (AvgIpc) is 2.64. The molecule has 1 aromatic rings. The van der Waals surface area contributed by atoms with E-state index in [1.54, 1.807) is 0 Å². The second kappa shape index (κ2) is 10.5. The minimum Gasteiger partial charge on any atom is -0.461 e. The van der Waals surface area contributed by atoms with Gasteiger partial charge < -0.3 is 4.74 Å². The van der Waals surface area contributed by atoms with Crippen LogP contribution in [0, 0.1) is 5.92 Å². The van der Waals surface area contributed by atoms with Crippen LogP contribution in [0.5, 0.6) is 0 Å². The molecule has 0 saturated heterocycles. The predicted octanol–water partition coefficient (Wildman–Crippen LogP) is 4.93. The average molecular weight is 332 g/mol. The van der Waals surface area contributed by atoms with E-state index in [2.05, 4.69) is 43.0 Å². The second-order valence-electron chi connectivity index (χ2n) is 6.98. The summed E-state index contributed by atoms with van der Waals surface area (Å²) in [6, 6.07) is 8.44. The van der Waals surface area contributed by atoms with Crippen molar-refractivity contribution in [3.63, 3.8) is 0 Å². The number of ether oxygens (including phenoxy) is 1. The first-order valence-corrected chi connectivity index (χ1v) is 9.67. The lowest BCUT2D eigenvalue weighted by atomic mass is 9.86. The number of nitrogens with zero attached hydrogens (tertiary/aromatic N) is 1. The van der Waals surface area contributed by atoms with Gasteiger partial charge in [0, 0.05) is 13.0 Å². The quantitative estimate of drug-likeness (QED) is 0.601. The van der Waals surface area contributed by atoms with Crippen molar-refractivity contribution in [1.82, 2.24) is 4.90 Å². The Kier molecular flexibility index (Phi) is 8.31. The van der Waals surface area contributed by atoms with E-state index < -0.39 is 0 Å². The van der Waals surface area contributed by atoms with Gasteiger partial charge in [0.1, 0.15) is 6.61 Å². The fourth-order valence-corrected chi connectivity index (χ4v) is 3.48. The number of hydrogen-bond acceptors (Lipinski definition) is 3. The molecule has 1 aromatic carbocycles. The van der Waals surface area contributed by atoms with Crippen molar-refractivity contribution >= 4 is 5.97 Å². The van der Waals surface area contributed by atoms with Gasteiger partial charge in [0.15, 0.2) is 0 Å². The highest BCUT2D eigenvalue weighted by Gasteiger charge is 2.15. The minimum absolute atomic E-state index is 0.0483. The molecule has 0 heterocycles. The van der Waals surface area contributed by atoms with Crippen molar-refractivity contribution < 1.29 is 9.53 Å². The van der Waals surface area contributed by atoms with Crippen molar-refractivity contribution in [3.8, 4) is 0 Å². The summed E-state index contributed by atoms with van der Waals surface area (Å²) in [4.78, 5) is 14.3. The molecule has 0 unspecified atom stereocenters. The van der Waals surface area contributed by atoms with E-state index in [0.717, 1.165) is 37.5 Å². The predicted molar refractivity (Wildman–Crippen MR) is 98.7 cm³/mol. The molecule has 2 rings (SSSR count). The minimum atomic E-state index is -0.0483. The van der Waals surface area contributed by atoms with E-state index in [4.69, 9.17) is 4.74 Å². The lowest BCUT2D eigenvalue weighted by molar-refractivity contribution is -0.145. The monoisotopic (exact) mass is 331 g/mol. The third-order valence-corrected chi connectivity index (χ3v) is 5.20. The van der Waals surface area contributed by atoms with Crippen molar-refractivity contribution in [2.75, 3.05) is 13.1 Å². The number of rotatable bonds is 9. The van der Waals surface area contributed by atoms with E-state index in [1.165, 1.54) is 37.7 Å². The Morgan fingerprint density at radius 3 is 2.29 bits per heavy atom. The Hall–Kier alpha value is -1.35. The van der Waals surface area contributed by atoms with Crippen LogP contribution in [-0.2, 0) is 22.7 Å². The summed E-state index contributed by atoms with van der Waals surface area (Å²) in [5.74, 6) is 0.693. The molecule has 0 amide bonds. The van der Waals surface area contributed by atoms with Gasteiger partial charge in [0.25, 0.3) is 0 Å². The third-order valence-electron chi connectivity index (χ3n) is 5.20. The normalized spacial score (nSPS) is 15.6. The summed E-state index contributed by atoms with van der Waals surface area (Å²) in [5, 5.41) is 0. The zero-order valence-electron chi connectivity index (χ0n) is 15.4. The number of esters is 1. The zero-order valence-corrected chi connectivity index (χ0v) is 15.4. The Morgan fingerprint density at radius 1 is 1.04 bits per heavy atom. The molecule has 1 aliphatic rings. The molecule has 1 saturated carbocycles. The van der Waals surface area contributed by atoms with E-state index in [1.807, 2.05) is 0 Å². The van der Waals surface area contributed by atoms with Crippen LogP contribution in [0.15, 0.2) is 24.3 Å². The lowest BCUT2D eigenvalue weighted by Gasteiger charge is -2.20. The number of carbonyl (C=O) groups excluding carboxylic acids is 1. The molecule has 1 fully saturated rings. The van der Waals surface area contributed by atoms with Crippen LogP contribution in [-0.4, -0.2) is 24.0 Å². The Labute approximate surface area is 147 Å². The SMILES string of the molecule is CCN(CC)Cc1ccc(COC(=O)CCC2CCCCC2)cc1. The highest BCUT2D eigenvalue weighted by Crippen LogP contribution is 2.27. The van der Waals surface area contributed by atoms with Gasteiger partial charge in [-0.3, -0.25) is 9.69 Å². The maximum absolute atomic E-state index is 11.9. The molecular formula is C21H33NO2. The Morgan fingerprint density at radius 2 is 1.67 bits per heavy atom. The molecular weight excluding hydrogens is 298 g/mol. The molecule has 0 atom stereocenters. The molecule has 3 nitrogen and oxygen atoms in total. The van der Waals surface area contributed by atoms with Gasteiger partial charge in [-0.2, -0.15) is 0 Å². The summed E-state index contributed by atoms with van der Waals surface area (Å²) in [6.07, 6.45) is 8.19. The van der Waals surface area contributed by atoms with E-state index >= 15 is 0 Å². The highest BCUT2D eigenvalue weighted by atomic mass is 16.5. The largest absolute Gasteiger partial charge is 0.461 e. The summed E-state index contributed by atoms with van der Waals surface area (Å²) in [5.41, 5.74) is 2.38. The first kappa shape index (κ1) is 19.0. The van der Waals surface area contributed by atoms with Crippen LogP contribution in [0.3, 0.4) is 0 Å². The zero-order chi connectivity index (χ0) is 17.2. The van der Waals surface area contributed by atoms with Gasteiger partial charge in [0.05, 0.1) is 0 Å². The van der Waals surface area contributed by atoms with Gasteiger partial charge in [-0.05, 0) is 36.6 Å². The topological polar surface area (TPSA) is 29.5 Å². The standard InChI is InChI=1S/C21H33NO2/c1-3-22(4-2)16-19-10-12-20(13-11-19)17-24-21(23)15-14-18-8-6-5-7-9-18/h10-13,18H,3-9,14-17H2,1-2H3. The van der Waals surface area contributed by atoms with Crippen molar-refractivity contribution in [1.29, 1.82) is 0 Å². The van der Waals surface area contributed by atoms with Gasteiger partial charge >= 0.3 is 5.97 Å².